The van der Waals surface area contributed by atoms with E-state index < -0.39 is 10.0 Å². The number of carbonyl (C=O) groups is 1. The molecule has 0 bridgehead atoms. The van der Waals surface area contributed by atoms with E-state index in [9.17, 15) is 13.2 Å². The number of anilines is 1. The lowest BCUT2D eigenvalue weighted by Gasteiger charge is -2.45. The highest BCUT2D eigenvalue weighted by atomic mass is 32.2. The first kappa shape index (κ1) is 21.9. The molecule has 0 saturated carbocycles. The van der Waals surface area contributed by atoms with Crippen LogP contribution in [0.25, 0.3) is 0 Å². The minimum absolute atomic E-state index is 0.0767. The Morgan fingerprint density at radius 2 is 2.00 bits per heavy atom. The molecule has 162 valence electrons. The maximum atomic E-state index is 12.7. The van der Waals surface area contributed by atoms with Crippen LogP contribution < -0.4 is 14.8 Å². The van der Waals surface area contributed by atoms with Crippen LogP contribution in [0.3, 0.4) is 0 Å². The number of carbonyl (C=O) groups excluding carboxylic acids is 1. The second-order valence-corrected chi connectivity index (χ2v) is 9.85. The van der Waals surface area contributed by atoms with E-state index in [0.717, 1.165) is 12.8 Å². The van der Waals surface area contributed by atoms with Gasteiger partial charge in [0, 0.05) is 32.2 Å². The molecule has 29 heavy (non-hydrogen) atoms. The zero-order valence-corrected chi connectivity index (χ0v) is 18.1. The van der Waals surface area contributed by atoms with E-state index in [1.54, 1.807) is 32.4 Å². The van der Waals surface area contributed by atoms with E-state index in [1.807, 2.05) is 0 Å². The molecule has 0 aliphatic carbocycles. The summed E-state index contributed by atoms with van der Waals surface area (Å²) in [5.74, 6) is 1.34. The van der Waals surface area contributed by atoms with Crippen LogP contribution in [-0.2, 0) is 19.6 Å². The monoisotopic (exact) mass is 426 g/mol. The third-order valence-corrected chi connectivity index (χ3v) is 7.16. The summed E-state index contributed by atoms with van der Waals surface area (Å²) in [6.07, 6.45) is 4.56. The Balaban J connectivity index is 1.59. The highest BCUT2D eigenvalue weighted by Gasteiger charge is 2.42. The minimum atomic E-state index is -3.17. The molecule has 8 nitrogen and oxygen atoms in total. The first-order valence-electron chi connectivity index (χ1n) is 9.86. The number of benzene rings is 1. The number of sulfonamides is 1. The van der Waals surface area contributed by atoms with Crippen molar-refractivity contribution >= 4 is 21.6 Å². The van der Waals surface area contributed by atoms with Gasteiger partial charge in [0.25, 0.3) is 0 Å². The Labute approximate surface area is 172 Å². The van der Waals surface area contributed by atoms with Gasteiger partial charge in [0.05, 0.1) is 31.8 Å². The molecule has 1 aromatic rings. The van der Waals surface area contributed by atoms with E-state index in [0.29, 0.717) is 56.1 Å². The lowest BCUT2D eigenvalue weighted by molar-refractivity contribution is -0.129. The number of hydrogen-bond acceptors (Lipinski definition) is 6. The largest absolute Gasteiger partial charge is 0.497 e. The van der Waals surface area contributed by atoms with Crippen molar-refractivity contribution in [2.24, 2.45) is 5.92 Å². The fourth-order valence-electron chi connectivity index (χ4n) is 4.25. The van der Waals surface area contributed by atoms with Crippen LogP contribution in [-0.4, -0.2) is 64.4 Å². The highest BCUT2D eigenvalue weighted by Crippen LogP contribution is 2.39. The molecule has 1 unspecified atom stereocenters. The number of methoxy groups -OCH3 is 2. The molecular weight excluding hydrogens is 396 g/mol. The molecular formula is C20H30N2O6S. The smallest absolute Gasteiger partial charge is 0.224 e. The van der Waals surface area contributed by atoms with Gasteiger partial charge >= 0.3 is 0 Å². The molecule has 2 aliphatic heterocycles. The van der Waals surface area contributed by atoms with Gasteiger partial charge in [-0.3, -0.25) is 4.79 Å². The van der Waals surface area contributed by atoms with Crippen molar-refractivity contribution in [2.75, 3.05) is 45.5 Å². The lowest BCUT2D eigenvalue weighted by Crippen LogP contribution is -2.50. The molecule has 2 fully saturated rings. The number of amides is 1. The maximum absolute atomic E-state index is 12.7. The van der Waals surface area contributed by atoms with Gasteiger partial charge < -0.3 is 19.5 Å². The van der Waals surface area contributed by atoms with Crippen LogP contribution in [0.15, 0.2) is 18.2 Å². The predicted octanol–water partition coefficient (Wildman–Crippen LogP) is 2.25. The summed E-state index contributed by atoms with van der Waals surface area (Å²) >= 11 is 0. The van der Waals surface area contributed by atoms with Crippen molar-refractivity contribution in [1.82, 2.24) is 4.31 Å². The molecule has 1 aromatic carbocycles. The number of nitrogens with one attached hydrogen (secondary N) is 1. The van der Waals surface area contributed by atoms with E-state index >= 15 is 0 Å². The molecule has 2 heterocycles. The Hall–Kier alpha value is -1.84. The summed E-state index contributed by atoms with van der Waals surface area (Å²) in [6.45, 7) is 1.54. The molecule has 1 N–H and O–H groups in total. The minimum Gasteiger partial charge on any atom is -0.497 e. The number of nitrogens with zero attached hydrogens (tertiary/aromatic N) is 1. The van der Waals surface area contributed by atoms with Crippen molar-refractivity contribution in [3.05, 3.63) is 18.2 Å². The highest BCUT2D eigenvalue weighted by molar-refractivity contribution is 7.88. The topological polar surface area (TPSA) is 94.2 Å². The number of hydrogen-bond donors (Lipinski definition) is 1. The number of ether oxygens (including phenoxy) is 3. The summed E-state index contributed by atoms with van der Waals surface area (Å²) < 4.78 is 41.6. The zero-order chi connectivity index (χ0) is 21.1. The Morgan fingerprint density at radius 3 is 2.62 bits per heavy atom. The van der Waals surface area contributed by atoms with Gasteiger partial charge in [0.15, 0.2) is 0 Å². The third-order valence-electron chi connectivity index (χ3n) is 5.85. The molecule has 1 spiro atoms. The van der Waals surface area contributed by atoms with Gasteiger partial charge in [-0.1, -0.05) is 0 Å². The Kier molecular flexibility index (Phi) is 6.70. The van der Waals surface area contributed by atoms with Crippen LogP contribution >= 0.6 is 0 Å². The molecule has 0 radical (unpaired) electrons. The Morgan fingerprint density at radius 1 is 1.28 bits per heavy atom. The first-order chi connectivity index (χ1) is 13.7. The third kappa shape index (κ3) is 5.40. The first-order valence-corrected chi connectivity index (χ1v) is 11.7. The van der Waals surface area contributed by atoms with Crippen LogP contribution in [0.4, 0.5) is 5.69 Å². The molecule has 2 saturated heterocycles. The van der Waals surface area contributed by atoms with Crippen molar-refractivity contribution in [2.45, 2.75) is 37.7 Å². The van der Waals surface area contributed by atoms with Gasteiger partial charge in [0.1, 0.15) is 11.5 Å². The number of piperidine rings is 1. The van der Waals surface area contributed by atoms with Crippen molar-refractivity contribution in [1.29, 1.82) is 0 Å². The van der Waals surface area contributed by atoms with E-state index in [1.165, 1.54) is 10.6 Å². The predicted molar refractivity (Wildman–Crippen MR) is 110 cm³/mol. The second kappa shape index (κ2) is 8.89. The average molecular weight is 427 g/mol. The summed E-state index contributed by atoms with van der Waals surface area (Å²) in [6, 6.07) is 5.27. The molecule has 9 heteroatoms. The standard InChI is InChI=1S/C20H30N2O6S/c1-26-16-4-5-18(27-2)17(13-16)21-19(23)12-15-6-11-28-20(14-15)7-9-22(10-8-20)29(3,24)25/h4-5,13,15H,6-12,14H2,1-3H3,(H,21,23). The van der Waals surface area contributed by atoms with Gasteiger partial charge in [-0.05, 0) is 43.7 Å². The Bertz CT molecular complexity index is 833. The van der Waals surface area contributed by atoms with Crippen molar-refractivity contribution in [3.8, 4) is 11.5 Å². The molecule has 1 amide bonds. The van der Waals surface area contributed by atoms with Crippen LogP contribution in [0.1, 0.15) is 32.1 Å². The normalized spacial score (nSPS) is 22.2. The van der Waals surface area contributed by atoms with Crippen LogP contribution in [0.2, 0.25) is 0 Å². The molecule has 0 aromatic heterocycles. The SMILES string of the molecule is COc1ccc(OC)c(NC(=O)CC2CCOC3(CCN(S(C)(=O)=O)CC3)C2)c1. The van der Waals surface area contributed by atoms with Gasteiger partial charge in [-0.25, -0.2) is 12.7 Å². The second-order valence-electron chi connectivity index (χ2n) is 7.87. The number of rotatable bonds is 6. The van der Waals surface area contributed by atoms with Crippen LogP contribution in [0, 0.1) is 5.92 Å². The van der Waals surface area contributed by atoms with Gasteiger partial charge in [0.2, 0.25) is 15.9 Å². The van der Waals surface area contributed by atoms with Crippen molar-refractivity contribution in [3.63, 3.8) is 0 Å². The summed E-state index contributed by atoms with van der Waals surface area (Å²) in [5.41, 5.74) is 0.262. The summed E-state index contributed by atoms with van der Waals surface area (Å²) in [5, 5.41) is 2.93. The van der Waals surface area contributed by atoms with E-state index in [2.05, 4.69) is 5.32 Å². The lowest BCUT2D eigenvalue weighted by atomic mass is 9.78. The fourth-order valence-corrected chi connectivity index (χ4v) is 5.10. The van der Waals surface area contributed by atoms with Gasteiger partial charge in [-0.15, -0.1) is 0 Å². The van der Waals surface area contributed by atoms with Gasteiger partial charge in [-0.2, -0.15) is 0 Å². The van der Waals surface area contributed by atoms with E-state index in [-0.39, 0.29) is 17.4 Å². The quantitative estimate of drug-likeness (QED) is 0.750. The molecule has 1 atom stereocenters. The fraction of sp³-hybridized carbons (Fsp3) is 0.650. The summed E-state index contributed by atoms with van der Waals surface area (Å²) in [4.78, 5) is 12.7. The maximum Gasteiger partial charge on any atom is 0.224 e. The molecule has 2 aliphatic rings. The van der Waals surface area contributed by atoms with E-state index in [4.69, 9.17) is 14.2 Å². The average Bonchev–Trinajstić information content (AvgIpc) is 2.67. The van der Waals surface area contributed by atoms with Crippen LogP contribution in [0.5, 0.6) is 11.5 Å². The zero-order valence-electron chi connectivity index (χ0n) is 17.3. The molecule has 3 rings (SSSR count). The summed E-state index contributed by atoms with van der Waals surface area (Å²) in [7, 11) is -0.0377. The van der Waals surface area contributed by atoms with Crippen molar-refractivity contribution < 1.29 is 27.4 Å².